The van der Waals surface area contributed by atoms with Crippen LogP contribution in [0, 0.1) is 5.92 Å². The first-order valence-electron chi connectivity index (χ1n) is 6.20. The fourth-order valence-electron chi connectivity index (χ4n) is 1.62. The average Bonchev–Trinajstić information content (AvgIpc) is 2.44. The number of hydrogen-bond acceptors (Lipinski definition) is 5. The number of carbonyl (C=O) groups is 1. The maximum atomic E-state index is 12.4. The van der Waals surface area contributed by atoms with Crippen LogP contribution in [0.3, 0.4) is 0 Å². The summed E-state index contributed by atoms with van der Waals surface area (Å²) in [7, 11) is -1.16. The van der Waals surface area contributed by atoms with Crippen molar-refractivity contribution in [3.8, 4) is 11.5 Å². The third-order valence-corrected chi connectivity index (χ3v) is 4.72. The van der Waals surface area contributed by atoms with Gasteiger partial charge in [-0.25, -0.2) is 13.1 Å². The van der Waals surface area contributed by atoms with Gasteiger partial charge >= 0.3 is 5.97 Å². The van der Waals surface area contributed by atoms with Gasteiger partial charge in [-0.2, -0.15) is 0 Å². The van der Waals surface area contributed by atoms with Crippen molar-refractivity contribution in [3.63, 3.8) is 0 Å². The summed E-state index contributed by atoms with van der Waals surface area (Å²) in [6.45, 7) is 2.92. The third-order valence-electron chi connectivity index (χ3n) is 3.14. The molecule has 0 aliphatic rings. The Morgan fingerprint density at radius 2 is 1.86 bits per heavy atom. The second kappa shape index (κ2) is 6.77. The van der Waals surface area contributed by atoms with Crippen LogP contribution in [-0.2, 0) is 14.8 Å². The van der Waals surface area contributed by atoms with E-state index in [0.717, 1.165) is 0 Å². The average molecular weight is 317 g/mol. The summed E-state index contributed by atoms with van der Waals surface area (Å²) >= 11 is 0. The first-order valence-corrected chi connectivity index (χ1v) is 7.68. The molecule has 0 aromatic heterocycles. The van der Waals surface area contributed by atoms with Gasteiger partial charge in [0.15, 0.2) is 0 Å². The molecule has 2 unspecified atom stereocenters. The van der Waals surface area contributed by atoms with Crippen molar-refractivity contribution in [2.24, 2.45) is 5.92 Å². The Morgan fingerprint density at radius 1 is 1.24 bits per heavy atom. The lowest BCUT2D eigenvalue weighted by Gasteiger charge is -2.19. The zero-order chi connectivity index (χ0) is 16.2. The zero-order valence-electron chi connectivity index (χ0n) is 12.3. The topological polar surface area (TPSA) is 102 Å². The molecular weight excluding hydrogens is 298 g/mol. The second-order valence-electron chi connectivity index (χ2n) is 4.55. The summed E-state index contributed by atoms with van der Waals surface area (Å²) in [5.41, 5.74) is 0. The zero-order valence-corrected chi connectivity index (χ0v) is 13.1. The quantitative estimate of drug-likeness (QED) is 0.780. The Hall–Kier alpha value is -1.80. The molecule has 2 N–H and O–H groups in total. The number of carboxylic acid groups (broad SMARTS) is 1. The second-order valence-corrected chi connectivity index (χ2v) is 6.24. The first-order chi connectivity index (χ1) is 9.72. The minimum atomic E-state index is -3.93. The number of benzene rings is 1. The summed E-state index contributed by atoms with van der Waals surface area (Å²) < 4.78 is 37.1. The van der Waals surface area contributed by atoms with Gasteiger partial charge in [-0.3, -0.25) is 4.79 Å². The SMILES string of the molecule is COc1ccc(OC)c(S(=O)(=O)NC(C)C(C)C(=O)O)c1. The van der Waals surface area contributed by atoms with E-state index in [4.69, 9.17) is 14.6 Å². The third kappa shape index (κ3) is 4.08. The normalized spacial score (nSPS) is 14.3. The van der Waals surface area contributed by atoms with Crippen molar-refractivity contribution < 1.29 is 27.8 Å². The number of aliphatic carboxylic acids is 1. The summed E-state index contributed by atoms with van der Waals surface area (Å²) in [4.78, 5) is 10.8. The highest BCUT2D eigenvalue weighted by atomic mass is 32.2. The van der Waals surface area contributed by atoms with Crippen LogP contribution < -0.4 is 14.2 Å². The van der Waals surface area contributed by atoms with E-state index in [1.165, 1.54) is 40.2 Å². The van der Waals surface area contributed by atoms with Crippen molar-refractivity contribution in [1.82, 2.24) is 4.72 Å². The molecule has 21 heavy (non-hydrogen) atoms. The molecule has 1 aromatic carbocycles. The van der Waals surface area contributed by atoms with Crippen molar-refractivity contribution in [3.05, 3.63) is 18.2 Å². The van der Waals surface area contributed by atoms with E-state index in [-0.39, 0.29) is 10.6 Å². The minimum absolute atomic E-state index is 0.103. The van der Waals surface area contributed by atoms with Gasteiger partial charge in [-0.05, 0) is 19.1 Å². The maximum Gasteiger partial charge on any atom is 0.307 e. The molecule has 0 fully saturated rings. The van der Waals surface area contributed by atoms with Gasteiger partial charge in [0, 0.05) is 12.1 Å². The van der Waals surface area contributed by atoms with E-state index in [0.29, 0.717) is 5.75 Å². The molecule has 0 amide bonds. The number of methoxy groups -OCH3 is 2. The van der Waals surface area contributed by atoms with Gasteiger partial charge in [0.1, 0.15) is 16.4 Å². The Balaban J connectivity index is 3.15. The molecule has 0 bridgehead atoms. The molecule has 0 aliphatic heterocycles. The monoisotopic (exact) mass is 317 g/mol. The predicted octanol–water partition coefficient (Wildman–Crippen LogP) is 1.09. The summed E-state index contributed by atoms with van der Waals surface area (Å²) in [5.74, 6) is -1.44. The number of sulfonamides is 1. The van der Waals surface area contributed by atoms with E-state index < -0.39 is 28.0 Å². The number of carboxylic acids is 1. The molecule has 0 heterocycles. The van der Waals surface area contributed by atoms with Gasteiger partial charge in [0.25, 0.3) is 0 Å². The lowest BCUT2D eigenvalue weighted by atomic mass is 10.1. The number of hydrogen-bond donors (Lipinski definition) is 2. The van der Waals surface area contributed by atoms with Crippen LogP contribution in [0.15, 0.2) is 23.1 Å². The Bertz CT molecular complexity index is 613. The molecule has 0 saturated carbocycles. The van der Waals surface area contributed by atoms with E-state index in [9.17, 15) is 13.2 Å². The fourth-order valence-corrected chi connectivity index (χ4v) is 3.13. The highest BCUT2D eigenvalue weighted by Crippen LogP contribution is 2.28. The van der Waals surface area contributed by atoms with Gasteiger partial charge in [0.05, 0.1) is 20.1 Å². The van der Waals surface area contributed by atoms with Crippen LogP contribution in [0.1, 0.15) is 13.8 Å². The number of ether oxygens (including phenoxy) is 2. The van der Waals surface area contributed by atoms with Crippen LogP contribution >= 0.6 is 0 Å². The Labute approximate surface area is 123 Å². The van der Waals surface area contributed by atoms with E-state index in [1.54, 1.807) is 6.07 Å². The van der Waals surface area contributed by atoms with E-state index >= 15 is 0 Å². The van der Waals surface area contributed by atoms with Crippen molar-refractivity contribution in [2.75, 3.05) is 14.2 Å². The molecule has 118 valence electrons. The fraction of sp³-hybridized carbons (Fsp3) is 0.462. The van der Waals surface area contributed by atoms with E-state index in [2.05, 4.69) is 4.72 Å². The molecule has 7 nitrogen and oxygen atoms in total. The Morgan fingerprint density at radius 3 is 2.33 bits per heavy atom. The minimum Gasteiger partial charge on any atom is -0.497 e. The van der Waals surface area contributed by atoms with Crippen LogP contribution in [-0.4, -0.2) is 39.8 Å². The highest BCUT2D eigenvalue weighted by Gasteiger charge is 2.27. The van der Waals surface area contributed by atoms with Crippen LogP contribution in [0.5, 0.6) is 11.5 Å². The summed E-state index contributed by atoms with van der Waals surface area (Å²) in [6, 6.07) is 3.59. The largest absolute Gasteiger partial charge is 0.497 e. The number of rotatable bonds is 7. The lowest BCUT2D eigenvalue weighted by Crippen LogP contribution is -2.40. The van der Waals surface area contributed by atoms with Crippen LogP contribution in [0.4, 0.5) is 0 Å². The standard InChI is InChI=1S/C13H19NO6S/c1-8(13(15)16)9(2)14-21(17,18)12-7-10(19-3)5-6-11(12)20-4/h5-9,14H,1-4H3,(H,15,16). The molecular formula is C13H19NO6S. The summed E-state index contributed by atoms with van der Waals surface area (Å²) in [5, 5.41) is 8.92. The molecule has 2 atom stereocenters. The van der Waals surface area contributed by atoms with Crippen molar-refractivity contribution in [1.29, 1.82) is 0 Å². The van der Waals surface area contributed by atoms with Crippen LogP contribution in [0.2, 0.25) is 0 Å². The predicted molar refractivity (Wildman–Crippen MR) is 76.1 cm³/mol. The molecule has 1 rings (SSSR count). The molecule has 0 radical (unpaired) electrons. The molecule has 0 saturated heterocycles. The molecule has 0 aliphatic carbocycles. The molecule has 1 aromatic rings. The highest BCUT2D eigenvalue weighted by molar-refractivity contribution is 7.89. The van der Waals surface area contributed by atoms with Crippen molar-refractivity contribution >= 4 is 16.0 Å². The Kier molecular flexibility index (Phi) is 5.56. The lowest BCUT2D eigenvalue weighted by molar-refractivity contribution is -0.141. The van der Waals surface area contributed by atoms with E-state index in [1.807, 2.05) is 0 Å². The smallest absolute Gasteiger partial charge is 0.307 e. The van der Waals surface area contributed by atoms with Gasteiger partial charge < -0.3 is 14.6 Å². The molecule has 0 spiro atoms. The first kappa shape index (κ1) is 17.3. The molecule has 8 heteroatoms. The van der Waals surface area contributed by atoms with Gasteiger partial charge in [-0.1, -0.05) is 6.92 Å². The summed E-state index contributed by atoms with van der Waals surface area (Å²) in [6.07, 6.45) is 0. The van der Waals surface area contributed by atoms with Gasteiger partial charge in [-0.15, -0.1) is 0 Å². The van der Waals surface area contributed by atoms with Crippen LogP contribution in [0.25, 0.3) is 0 Å². The van der Waals surface area contributed by atoms with Gasteiger partial charge in [0.2, 0.25) is 10.0 Å². The number of nitrogens with one attached hydrogen (secondary N) is 1. The van der Waals surface area contributed by atoms with Crippen molar-refractivity contribution in [2.45, 2.75) is 24.8 Å². The maximum absolute atomic E-state index is 12.4.